The molecule has 0 atom stereocenters. The Balaban J connectivity index is 2.05. The molecule has 4 nitrogen and oxygen atoms in total. The molecule has 2 aromatic rings. The SMILES string of the molecule is CCOC(=O)Cc1ccccc1NC(=O)Cc1ccc(Cl)c(Cl)c1. The van der Waals surface area contributed by atoms with E-state index in [-0.39, 0.29) is 24.7 Å². The topological polar surface area (TPSA) is 55.4 Å². The molecule has 0 aliphatic rings. The van der Waals surface area contributed by atoms with Crippen molar-refractivity contribution in [3.8, 4) is 0 Å². The normalized spacial score (nSPS) is 10.3. The van der Waals surface area contributed by atoms with Crippen LogP contribution < -0.4 is 5.32 Å². The standard InChI is InChI=1S/C18H17Cl2NO3/c1-2-24-18(23)11-13-5-3-4-6-16(13)21-17(22)10-12-7-8-14(19)15(20)9-12/h3-9H,2,10-11H2,1H3,(H,21,22). The van der Waals surface area contributed by atoms with Gasteiger partial charge in [0.15, 0.2) is 0 Å². The van der Waals surface area contributed by atoms with Gasteiger partial charge in [-0.15, -0.1) is 0 Å². The largest absolute Gasteiger partial charge is 0.466 e. The van der Waals surface area contributed by atoms with Gasteiger partial charge >= 0.3 is 5.97 Å². The van der Waals surface area contributed by atoms with Crippen LogP contribution in [0.25, 0.3) is 0 Å². The van der Waals surface area contributed by atoms with Crippen LogP contribution in [0.1, 0.15) is 18.1 Å². The number of hydrogen-bond donors (Lipinski definition) is 1. The summed E-state index contributed by atoms with van der Waals surface area (Å²) in [4.78, 5) is 23.9. The van der Waals surface area contributed by atoms with Crippen LogP contribution in [0.15, 0.2) is 42.5 Å². The number of carbonyl (C=O) groups is 2. The smallest absolute Gasteiger partial charge is 0.310 e. The highest BCUT2D eigenvalue weighted by molar-refractivity contribution is 6.42. The number of halogens is 2. The fraction of sp³-hybridized carbons (Fsp3) is 0.222. The van der Waals surface area contributed by atoms with E-state index in [9.17, 15) is 9.59 Å². The number of ether oxygens (including phenoxy) is 1. The minimum absolute atomic E-state index is 0.108. The van der Waals surface area contributed by atoms with E-state index in [1.807, 2.05) is 6.07 Å². The zero-order valence-electron chi connectivity index (χ0n) is 13.1. The van der Waals surface area contributed by atoms with Gasteiger partial charge in [0.2, 0.25) is 5.91 Å². The van der Waals surface area contributed by atoms with Crippen LogP contribution in [-0.2, 0) is 27.2 Å². The lowest BCUT2D eigenvalue weighted by Gasteiger charge is -2.11. The molecule has 0 aromatic heterocycles. The summed E-state index contributed by atoms with van der Waals surface area (Å²) >= 11 is 11.8. The minimum Gasteiger partial charge on any atom is -0.466 e. The van der Waals surface area contributed by atoms with Gasteiger partial charge < -0.3 is 10.1 Å². The van der Waals surface area contributed by atoms with E-state index in [4.69, 9.17) is 27.9 Å². The van der Waals surface area contributed by atoms with Gasteiger partial charge in [0.1, 0.15) is 0 Å². The maximum Gasteiger partial charge on any atom is 0.310 e. The molecule has 1 N–H and O–H groups in total. The lowest BCUT2D eigenvalue weighted by molar-refractivity contribution is -0.142. The van der Waals surface area contributed by atoms with Gasteiger partial charge in [-0.1, -0.05) is 47.5 Å². The van der Waals surface area contributed by atoms with Crippen LogP contribution in [0, 0.1) is 0 Å². The van der Waals surface area contributed by atoms with E-state index < -0.39 is 0 Å². The Morgan fingerprint density at radius 2 is 1.79 bits per heavy atom. The summed E-state index contributed by atoms with van der Waals surface area (Å²) in [5.41, 5.74) is 2.05. The highest BCUT2D eigenvalue weighted by Crippen LogP contribution is 2.23. The first-order valence-corrected chi connectivity index (χ1v) is 8.22. The number of hydrogen-bond acceptors (Lipinski definition) is 3. The summed E-state index contributed by atoms with van der Waals surface area (Å²) in [5, 5.41) is 3.67. The third-order valence-electron chi connectivity index (χ3n) is 3.28. The molecule has 24 heavy (non-hydrogen) atoms. The van der Waals surface area contributed by atoms with Crippen molar-refractivity contribution in [3.63, 3.8) is 0 Å². The number of nitrogens with one attached hydrogen (secondary N) is 1. The zero-order valence-corrected chi connectivity index (χ0v) is 14.7. The number of benzene rings is 2. The Morgan fingerprint density at radius 1 is 1.04 bits per heavy atom. The number of anilines is 1. The Hall–Kier alpha value is -2.04. The van der Waals surface area contributed by atoms with Gasteiger partial charge in [-0.2, -0.15) is 0 Å². The molecule has 0 aliphatic carbocycles. The molecule has 2 rings (SSSR count). The van der Waals surface area contributed by atoms with Crippen molar-refractivity contribution >= 4 is 40.8 Å². The van der Waals surface area contributed by atoms with Crippen molar-refractivity contribution in [2.24, 2.45) is 0 Å². The van der Waals surface area contributed by atoms with Gasteiger partial charge in [0.25, 0.3) is 0 Å². The number of para-hydroxylation sites is 1. The van der Waals surface area contributed by atoms with Crippen LogP contribution in [0.2, 0.25) is 10.0 Å². The van der Waals surface area contributed by atoms with Crippen LogP contribution in [0.5, 0.6) is 0 Å². The average Bonchev–Trinajstić information content (AvgIpc) is 2.53. The Morgan fingerprint density at radius 3 is 2.50 bits per heavy atom. The van der Waals surface area contributed by atoms with Crippen molar-refractivity contribution in [1.82, 2.24) is 0 Å². The Bertz CT molecular complexity index is 747. The molecule has 0 saturated heterocycles. The molecule has 0 radical (unpaired) electrons. The van der Waals surface area contributed by atoms with Crippen LogP contribution in [-0.4, -0.2) is 18.5 Å². The first-order chi connectivity index (χ1) is 11.5. The third-order valence-corrected chi connectivity index (χ3v) is 4.02. The zero-order chi connectivity index (χ0) is 17.5. The monoisotopic (exact) mass is 365 g/mol. The molecule has 6 heteroatoms. The first-order valence-electron chi connectivity index (χ1n) is 7.47. The van der Waals surface area contributed by atoms with Crippen LogP contribution in [0.4, 0.5) is 5.69 Å². The van der Waals surface area contributed by atoms with E-state index in [1.54, 1.807) is 43.3 Å². The van der Waals surface area contributed by atoms with E-state index in [1.165, 1.54) is 0 Å². The second-order valence-corrected chi connectivity index (χ2v) is 5.93. The quantitative estimate of drug-likeness (QED) is 0.777. The maximum atomic E-state index is 12.2. The number of amides is 1. The Labute approximate surface area is 150 Å². The molecule has 0 heterocycles. The molecule has 0 fully saturated rings. The molecule has 1 amide bonds. The number of esters is 1. The van der Waals surface area contributed by atoms with Crippen LogP contribution in [0.3, 0.4) is 0 Å². The van der Waals surface area contributed by atoms with E-state index in [2.05, 4.69) is 5.32 Å². The molecule has 0 unspecified atom stereocenters. The summed E-state index contributed by atoms with van der Waals surface area (Å²) in [6.45, 7) is 2.08. The highest BCUT2D eigenvalue weighted by Gasteiger charge is 2.11. The van der Waals surface area contributed by atoms with Crippen molar-refractivity contribution in [3.05, 3.63) is 63.6 Å². The molecule has 0 saturated carbocycles. The van der Waals surface area contributed by atoms with Crippen LogP contribution >= 0.6 is 23.2 Å². The summed E-state index contributed by atoms with van der Waals surface area (Å²) < 4.78 is 4.95. The van der Waals surface area contributed by atoms with Gasteiger partial charge in [0, 0.05) is 5.69 Å². The fourth-order valence-corrected chi connectivity index (χ4v) is 2.51. The molecular weight excluding hydrogens is 349 g/mol. The van der Waals surface area contributed by atoms with Gasteiger partial charge in [-0.05, 0) is 36.2 Å². The summed E-state index contributed by atoms with van der Waals surface area (Å²) in [6.07, 6.45) is 0.266. The van der Waals surface area contributed by atoms with E-state index in [0.717, 1.165) is 5.56 Å². The first kappa shape index (κ1) is 18.3. The van der Waals surface area contributed by atoms with Gasteiger partial charge in [0.05, 0.1) is 29.5 Å². The fourth-order valence-electron chi connectivity index (χ4n) is 2.19. The highest BCUT2D eigenvalue weighted by atomic mass is 35.5. The molecular formula is C18H17Cl2NO3. The lowest BCUT2D eigenvalue weighted by atomic mass is 10.1. The molecule has 2 aromatic carbocycles. The predicted octanol–water partition coefficient (Wildman–Crippen LogP) is 4.28. The minimum atomic E-state index is -0.330. The Kier molecular flexibility index (Phi) is 6.64. The van der Waals surface area contributed by atoms with E-state index >= 15 is 0 Å². The third kappa shape index (κ3) is 5.25. The van der Waals surface area contributed by atoms with Crippen molar-refractivity contribution < 1.29 is 14.3 Å². The summed E-state index contributed by atoms with van der Waals surface area (Å²) in [6, 6.07) is 12.2. The van der Waals surface area contributed by atoms with Gasteiger partial charge in [-0.25, -0.2) is 0 Å². The lowest BCUT2D eigenvalue weighted by Crippen LogP contribution is -2.17. The summed E-state index contributed by atoms with van der Waals surface area (Å²) in [7, 11) is 0. The molecule has 0 bridgehead atoms. The maximum absolute atomic E-state index is 12.2. The van der Waals surface area contributed by atoms with Crippen molar-refractivity contribution in [2.75, 3.05) is 11.9 Å². The average molecular weight is 366 g/mol. The van der Waals surface area contributed by atoms with Crippen molar-refractivity contribution in [2.45, 2.75) is 19.8 Å². The van der Waals surface area contributed by atoms with E-state index in [0.29, 0.717) is 27.9 Å². The van der Waals surface area contributed by atoms with Gasteiger partial charge in [-0.3, -0.25) is 9.59 Å². The van der Waals surface area contributed by atoms with Crippen molar-refractivity contribution in [1.29, 1.82) is 0 Å². The number of rotatable bonds is 6. The predicted molar refractivity (Wildman–Crippen MR) is 95.6 cm³/mol. The summed E-state index contributed by atoms with van der Waals surface area (Å²) in [5.74, 6) is -0.534. The second-order valence-electron chi connectivity index (χ2n) is 5.11. The second kappa shape index (κ2) is 8.71. The molecule has 0 spiro atoms. The molecule has 126 valence electrons. The molecule has 0 aliphatic heterocycles. The number of carbonyl (C=O) groups excluding carboxylic acids is 2.